The van der Waals surface area contributed by atoms with E-state index in [4.69, 9.17) is 17.2 Å². The summed E-state index contributed by atoms with van der Waals surface area (Å²) in [7, 11) is 0. The van der Waals surface area contributed by atoms with Gasteiger partial charge in [0.15, 0.2) is 0 Å². The van der Waals surface area contributed by atoms with Gasteiger partial charge in [-0.05, 0) is 62.0 Å². The molecule has 0 aliphatic carbocycles. The van der Waals surface area contributed by atoms with Crippen LogP contribution in [0.4, 0.5) is 0 Å². The molecule has 14 heteroatoms. The molecule has 0 saturated heterocycles. The molecule has 0 radical (unpaired) electrons. The Hall–Kier alpha value is -5.21. The standard InChI is InChI=1S/C34H45N9O5/c1-20(44)40-27(12-6-14-35)32(46)41-28(13-7-15-36)33(47)43-30(17-22-19-39-26-11-5-3-9-24(22)26)34(48)42-29(31(37)45)16-21-18-38-25-10-4-2-8-23(21)25/h2-5,8-11,18-19,27-30,38-39H,6-7,12-17,35-36H2,1H3,(H2,37,45)(H,40,44)(H,41,46)(H,42,48)(H,43,47)/t27-,28-,29-,30-/m0/s1. The minimum Gasteiger partial charge on any atom is -0.368 e. The van der Waals surface area contributed by atoms with Gasteiger partial charge < -0.3 is 48.4 Å². The van der Waals surface area contributed by atoms with Gasteiger partial charge in [0.1, 0.15) is 24.2 Å². The molecular weight excluding hydrogens is 614 g/mol. The van der Waals surface area contributed by atoms with Crippen LogP contribution >= 0.6 is 0 Å². The van der Waals surface area contributed by atoms with Crippen LogP contribution in [0.3, 0.4) is 0 Å². The number of rotatable bonds is 18. The second kappa shape index (κ2) is 17.1. The molecule has 12 N–H and O–H groups in total. The van der Waals surface area contributed by atoms with Crippen LogP contribution in [-0.4, -0.2) is 76.8 Å². The fraction of sp³-hybridized carbons (Fsp3) is 0.382. The van der Waals surface area contributed by atoms with Crippen molar-refractivity contribution in [3.8, 4) is 0 Å². The molecular formula is C34H45N9O5. The van der Waals surface area contributed by atoms with Crippen molar-refractivity contribution in [2.75, 3.05) is 13.1 Å². The van der Waals surface area contributed by atoms with Crippen LogP contribution in [-0.2, 0) is 36.8 Å². The van der Waals surface area contributed by atoms with Gasteiger partial charge in [0.05, 0.1) is 0 Å². The third-order valence-corrected chi connectivity index (χ3v) is 8.21. The van der Waals surface area contributed by atoms with E-state index in [1.807, 2.05) is 48.5 Å². The molecule has 0 spiro atoms. The number of hydrogen-bond donors (Lipinski definition) is 9. The molecule has 256 valence electrons. The predicted molar refractivity (Wildman–Crippen MR) is 183 cm³/mol. The van der Waals surface area contributed by atoms with Crippen molar-refractivity contribution in [3.63, 3.8) is 0 Å². The highest BCUT2D eigenvalue weighted by Crippen LogP contribution is 2.21. The first-order valence-electron chi connectivity index (χ1n) is 16.1. The molecule has 0 fully saturated rings. The number of amides is 5. The molecule has 4 aromatic rings. The van der Waals surface area contributed by atoms with Crippen molar-refractivity contribution in [3.05, 3.63) is 72.1 Å². The zero-order chi connectivity index (χ0) is 34.6. The zero-order valence-electron chi connectivity index (χ0n) is 27.0. The number of para-hydroxylation sites is 2. The van der Waals surface area contributed by atoms with Gasteiger partial charge in [0, 0.05) is 54.0 Å². The van der Waals surface area contributed by atoms with Gasteiger partial charge in [0.25, 0.3) is 0 Å². The smallest absolute Gasteiger partial charge is 0.243 e. The third-order valence-electron chi connectivity index (χ3n) is 8.21. The summed E-state index contributed by atoms with van der Waals surface area (Å²) in [6, 6.07) is 10.9. The first-order valence-corrected chi connectivity index (χ1v) is 16.1. The summed E-state index contributed by atoms with van der Waals surface area (Å²) in [5, 5.41) is 12.6. The van der Waals surface area contributed by atoms with E-state index in [0.717, 1.165) is 32.9 Å². The van der Waals surface area contributed by atoms with E-state index in [9.17, 15) is 24.0 Å². The van der Waals surface area contributed by atoms with Crippen LogP contribution in [0.5, 0.6) is 0 Å². The number of H-pyrrole nitrogens is 2. The summed E-state index contributed by atoms with van der Waals surface area (Å²) < 4.78 is 0. The van der Waals surface area contributed by atoms with Gasteiger partial charge in [-0.3, -0.25) is 24.0 Å². The Morgan fingerprint density at radius 1 is 0.625 bits per heavy atom. The zero-order valence-corrected chi connectivity index (χ0v) is 27.0. The Morgan fingerprint density at radius 3 is 1.52 bits per heavy atom. The maximum atomic E-state index is 13.9. The Labute approximate surface area is 278 Å². The average Bonchev–Trinajstić information content (AvgIpc) is 3.67. The first kappa shape index (κ1) is 35.6. The second-order valence-electron chi connectivity index (χ2n) is 11.8. The minimum absolute atomic E-state index is 0.0721. The maximum absolute atomic E-state index is 13.9. The number of carbonyl (C=O) groups is 5. The number of nitrogens with one attached hydrogen (secondary N) is 6. The van der Waals surface area contributed by atoms with Crippen LogP contribution < -0.4 is 38.5 Å². The third kappa shape index (κ3) is 9.42. The monoisotopic (exact) mass is 659 g/mol. The highest BCUT2D eigenvalue weighted by atomic mass is 16.2. The molecule has 2 aromatic heterocycles. The van der Waals surface area contributed by atoms with E-state index in [0.29, 0.717) is 19.4 Å². The lowest BCUT2D eigenvalue weighted by atomic mass is 10.0. The summed E-state index contributed by atoms with van der Waals surface area (Å²) in [6.07, 6.45) is 5.07. The number of fused-ring (bicyclic) bond motifs is 2. The molecule has 0 aliphatic rings. The van der Waals surface area contributed by atoms with Crippen molar-refractivity contribution in [1.82, 2.24) is 31.2 Å². The number of aromatic amines is 2. The first-order chi connectivity index (χ1) is 23.1. The van der Waals surface area contributed by atoms with E-state index in [1.165, 1.54) is 6.92 Å². The number of aromatic nitrogens is 2. The summed E-state index contributed by atoms with van der Waals surface area (Å²) >= 11 is 0. The Bertz CT molecular complexity index is 1730. The molecule has 0 aliphatic heterocycles. The van der Waals surface area contributed by atoms with Crippen LogP contribution in [0.1, 0.15) is 43.7 Å². The van der Waals surface area contributed by atoms with E-state index < -0.39 is 53.7 Å². The van der Waals surface area contributed by atoms with Gasteiger partial charge in [-0.2, -0.15) is 0 Å². The lowest BCUT2D eigenvalue weighted by Crippen LogP contribution is -2.58. The van der Waals surface area contributed by atoms with Gasteiger partial charge >= 0.3 is 0 Å². The predicted octanol–water partition coefficient (Wildman–Crippen LogP) is 0.357. The van der Waals surface area contributed by atoms with Crippen molar-refractivity contribution in [1.29, 1.82) is 0 Å². The molecule has 2 aromatic carbocycles. The highest BCUT2D eigenvalue weighted by molar-refractivity contribution is 5.96. The Kier molecular flexibility index (Phi) is 12.7. The van der Waals surface area contributed by atoms with Crippen LogP contribution in [0, 0.1) is 0 Å². The Morgan fingerprint density at radius 2 is 1.04 bits per heavy atom. The fourth-order valence-electron chi connectivity index (χ4n) is 5.72. The lowest BCUT2D eigenvalue weighted by Gasteiger charge is -2.26. The number of carbonyl (C=O) groups excluding carboxylic acids is 5. The highest BCUT2D eigenvalue weighted by Gasteiger charge is 2.31. The van der Waals surface area contributed by atoms with E-state index in [-0.39, 0.29) is 32.2 Å². The maximum Gasteiger partial charge on any atom is 0.243 e. The molecule has 2 heterocycles. The summed E-state index contributed by atoms with van der Waals surface area (Å²) in [5.41, 5.74) is 20.4. The molecule has 4 atom stereocenters. The van der Waals surface area contributed by atoms with E-state index in [2.05, 4.69) is 31.2 Å². The average molecular weight is 660 g/mol. The molecule has 14 nitrogen and oxygen atoms in total. The quantitative estimate of drug-likeness (QED) is 0.0725. The van der Waals surface area contributed by atoms with Gasteiger partial charge in [-0.1, -0.05) is 36.4 Å². The largest absolute Gasteiger partial charge is 0.368 e. The number of benzene rings is 2. The topological polar surface area (TPSA) is 243 Å². The molecule has 0 saturated carbocycles. The van der Waals surface area contributed by atoms with Crippen molar-refractivity contribution in [2.24, 2.45) is 17.2 Å². The van der Waals surface area contributed by atoms with Crippen LogP contribution in [0.2, 0.25) is 0 Å². The molecule has 0 unspecified atom stereocenters. The number of nitrogens with two attached hydrogens (primary N) is 3. The fourth-order valence-corrected chi connectivity index (χ4v) is 5.72. The van der Waals surface area contributed by atoms with E-state index >= 15 is 0 Å². The summed E-state index contributed by atoms with van der Waals surface area (Å²) in [6.45, 7) is 1.88. The normalized spacial score (nSPS) is 13.7. The SMILES string of the molecule is CC(=O)N[C@@H](CCCN)C(=O)N[C@@H](CCCN)C(=O)N[C@@H](Cc1c[nH]c2ccccc12)C(=O)N[C@@H](Cc1c[nH]c2ccccc12)C(N)=O. The summed E-state index contributed by atoms with van der Waals surface area (Å²) in [4.78, 5) is 71.7. The molecule has 4 rings (SSSR count). The lowest BCUT2D eigenvalue weighted by molar-refractivity contribution is -0.134. The van der Waals surface area contributed by atoms with Crippen LogP contribution in [0.15, 0.2) is 60.9 Å². The van der Waals surface area contributed by atoms with Crippen molar-refractivity contribution >= 4 is 51.3 Å². The molecule has 0 bridgehead atoms. The number of primary amides is 1. The second-order valence-corrected chi connectivity index (χ2v) is 11.8. The molecule has 48 heavy (non-hydrogen) atoms. The van der Waals surface area contributed by atoms with Gasteiger partial charge in [0.2, 0.25) is 29.5 Å². The van der Waals surface area contributed by atoms with Crippen molar-refractivity contribution < 1.29 is 24.0 Å². The molecule has 5 amide bonds. The van der Waals surface area contributed by atoms with Gasteiger partial charge in [-0.25, -0.2) is 0 Å². The van der Waals surface area contributed by atoms with E-state index in [1.54, 1.807) is 12.4 Å². The van der Waals surface area contributed by atoms with Crippen LogP contribution in [0.25, 0.3) is 21.8 Å². The Balaban J connectivity index is 1.58. The number of hydrogen-bond acceptors (Lipinski definition) is 7. The minimum atomic E-state index is -1.15. The van der Waals surface area contributed by atoms with Crippen molar-refractivity contribution in [2.45, 2.75) is 69.6 Å². The summed E-state index contributed by atoms with van der Waals surface area (Å²) in [5.74, 6) is -2.94. The van der Waals surface area contributed by atoms with Gasteiger partial charge in [-0.15, -0.1) is 0 Å².